The zero-order valence-electron chi connectivity index (χ0n) is 12.6. The van der Waals surface area contributed by atoms with Crippen molar-refractivity contribution >= 4 is 0 Å². The fourth-order valence-corrected chi connectivity index (χ4v) is 1.97. The number of nitrogens with one attached hydrogen (secondary N) is 2. The monoisotopic (exact) mass is 264 g/mol. The minimum Gasteiger partial charge on any atom is -0.375 e. The molecule has 108 valence electrons. The third kappa shape index (κ3) is 6.71. The first-order valence-corrected chi connectivity index (χ1v) is 7.15. The summed E-state index contributed by atoms with van der Waals surface area (Å²) in [6.45, 7) is 9.54. The van der Waals surface area contributed by atoms with E-state index in [0.29, 0.717) is 12.0 Å². The van der Waals surface area contributed by atoms with Crippen LogP contribution in [-0.2, 0) is 4.74 Å². The molecular formula is C16H28N2O. The van der Waals surface area contributed by atoms with Gasteiger partial charge in [-0.2, -0.15) is 0 Å². The highest BCUT2D eigenvalue weighted by molar-refractivity contribution is 5.17. The Morgan fingerprint density at radius 3 is 2.26 bits per heavy atom. The summed E-state index contributed by atoms with van der Waals surface area (Å²) in [7, 11) is 1.76. The number of benzene rings is 1. The largest absolute Gasteiger partial charge is 0.375 e. The standard InChI is InChI=1S/C16H28N2O/c1-13(2)10-17-11-14(3)18-12-16(19-4)15-8-6-5-7-9-15/h5-9,13-14,16-18H,10-12H2,1-4H3. The van der Waals surface area contributed by atoms with Crippen molar-refractivity contribution in [3.63, 3.8) is 0 Å². The first-order chi connectivity index (χ1) is 9.13. The molecule has 2 atom stereocenters. The number of ether oxygens (including phenoxy) is 1. The zero-order chi connectivity index (χ0) is 14.1. The lowest BCUT2D eigenvalue weighted by molar-refractivity contribution is 0.0998. The third-order valence-corrected chi connectivity index (χ3v) is 3.11. The van der Waals surface area contributed by atoms with Gasteiger partial charge in [-0.1, -0.05) is 44.2 Å². The quantitative estimate of drug-likeness (QED) is 0.719. The van der Waals surface area contributed by atoms with Crippen LogP contribution in [0.25, 0.3) is 0 Å². The van der Waals surface area contributed by atoms with Crippen molar-refractivity contribution in [2.45, 2.75) is 32.9 Å². The van der Waals surface area contributed by atoms with Crippen LogP contribution in [0.15, 0.2) is 30.3 Å². The Morgan fingerprint density at radius 2 is 1.68 bits per heavy atom. The van der Waals surface area contributed by atoms with E-state index in [0.717, 1.165) is 19.6 Å². The zero-order valence-corrected chi connectivity index (χ0v) is 12.6. The molecule has 0 spiro atoms. The van der Waals surface area contributed by atoms with Gasteiger partial charge in [-0.3, -0.25) is 0 Å². The molecule has 3 nitrogen and oxygen atoms in total. The molecular weight excluding hydrogens is 236 g/mol. The van der Waals surface area contributed by atoms with Gasteiger partial charge in [0.25, 0.3) is 0 Å². The molecule has 1 aromatic rings. The van der Waals surface area contributed by atoms with Crippen molar-refractivity contribution in [3.05, 3.63) is 35.9 Å². The molecule has 0 aromatic heterocycles. The van der Waals surface area contributed by atoms with Crippen LogP contribution < -0.4 is 10.6 Å². The molecule has 0 aliphatic carbocycles. The van der Waals surface area contributed by atoms with E-state index in [1.807, 2.05) is 6.07 Å². The van der Waals surface area contributed by atoms with Crippen LogP contribution in [0.1, 0.15) is 32.4 Å². The summed E-state index contributed by atoms with van der Waals surface area (Å²) in [6.07, 6.45) is 0.119. The average molecular weight is 264 g/mol. The van der Waals surface area contributed by atoms with Gasteiger partial charge in [-0.25, -0.2) is 0 Å². The Balaban J connectivity index is 2.29. The lowest BCUT2D eigenvalue weighted by atomic mass is 10.1. The van der Waals surface area contributed by atoms with Crippen LogP contribution in [0, 0.1) is 5.92 Å². The molecule has 2 N–H and O–H groups in total. The molecule has 3 heteroatoms. The van der Waals surface area contributed by atoms with Gasteiger partial charge in [0.2, 0.25) is 0 Å². The maximum atomic E-state index is 5.55. The minimum absolute atomic E-state index is 0.119. The molecule has 0 fully saturated rings. The van der Waals surface area contributed by atoms with E-state index in [1.54, 1.807) is 7.11 Å². The Morgan fingerprint density at radius 1 is 1.00 bits per heavy atom. The van der Waals surface area contributed by atoms with E-state index in [2.05, 4.69) is 55.7 Å². The van der Waals surface area contributed by atoms with Gasteiger partial charge in [-0.05, 0) is 24.9 Å². The summed E-state index contributed by atoms with van der Waals surface area (Å²) in [5.41, 5.74) is 1.22. The Kier molecular flexibility index (Phi) is 7.72. The number of rotatable bonds is 9. The number of hydrogen-bond donors (Lipinski definition) is 2. The van der Waals surface area contributed by atoms with Gasteiger partial charge in [0, 0.05) is 26.2 Å². The third-order valence-electron chi connectivity index (χ3n) is 3.11. The maximum absolute atomic E-state index is 5.55. The molecule has 0 saturated heterocycles. The van der Waals surface area contributed by atoms with E-state index in [1.165, 1.54) is 5.56 Å². The van der Waals surface area contributed by atoms with E-state index in [-0.39, 0.29) is 6.10 Å². The Hall–Kier alpha value is -0.900. The molecule has 0 saturated carbocycles. The first-order valence-electron chi connectivity index (χ1n) is 7.15. The van der Waals surface area contributed by atoms with Crippen LogP contribution >= 0.6 is 0 Å². The highest BCUT2D eigenvalue weighted by Crippen LogP contribution is 2.14. The fraction of sp³-hybridized carbons (Fsp3) is 0.625. The summed E-state index contributed by atoms with van der Waals surface area (Å²) in [6, 6.07) is 10.8. The van der Waals surface area contributed by atoms with E-state index in [4.69, 9.17) is 4.74 Å². The molecule has 19 heavy (non-hydrogen) atoms. The smallest absolute Gasteiger partial charge is 0.0945 e. The first kappa shape index (κ1) is 16.2. The highest BCUT2D eigenvalue weighted by Gasteiger charge is 2.11. The highest BCUT2D eigenvalue weighted by atomic mass is 16.5. The van der Waals surface area contributed by atoms with Gasteiger partial charge in [0.15, 0.2) is 0 Å². The van der Waals surface area contributed by atoms with Crippen molar-refractivity contribution in [2.75, 3.05) is 26.7 Å². The molecule has 0 radical (unpaired) electrons. The maximum Gasteiger partial charge on any atom is 0.0945 e. The second-order valence-electron chi connectivity index (χ2n) is 5.50. The predicted molar refractivity (Wildman–Crippen MR) is 81.4 cm³/mol. The van der Waals surface area contributed by atoms with E-state index >= 15 is 0 Å². The van der Waals surface area contributed by atoms with Crippen molar-refractivity contribution in [3.8, 4) is 0 Å². The predicted octanol–water partition coefficient (Wildman–Crippen LogP) is 2.60. The molecule has 0 heterocycles. The Bertz CT molecular complexity index is 327. The molecule has 1 rings (SSSR count). The fourth-order valence-electron chi connectivity index (χ4n) is 1.97. The lowest BCUT2D eigenvalue weighted by Crippen LogP contribution is -2.39. The minimum atomic E-state index is 0.119. The van der Waals surface area contributed by atoms with Gasteiger partial charge in [-0.15, -0.1) is 0 Å². The molecule has 1 aromatic carbocycles. The summed E-state index contributed by atoms with van der Waals surface area (Å²) >= 11 is 0. The molecule has 0 aliphatic rings. The van der Waals surface area contributed by atoms with Crippen molar-refractivity contribution < 1.29 is 4.74 Å². The second-order valence-corrected chi connectivity index (χ2v) is 5.50. The topological polar surface area (TPSA) is 33.3 Å². The van der Waals surface area contributed by atoms with Gasteiger partial charge in [0.1, 0.15) is 0 Å². The number of methoxy groups -OCH3 is 1. The van der Waals surface area contributed by atoms with Gasteiger partial charge in [0.05, 0.1) is 6.10 Å². The van der Waals surface area contributed by atoms with Crippen molar-refractivity contribution in [1.29, 1.82) is 0 Å². The summed E-state index contributed by atoms with van der Waals surface area (Å²) in [4.78, 5) is 0. The normalized spacial score (nSPS) is 14.6. The van der Waals surface area contributed by atoms with Crippen LogP contribution in [0.3, 0.4) is 0 Å². The van der Waals surface area contributed by atoms with Crippen LogP contribution in [0.4, 0.5) is 0 Å². The number of hydrogen-bond acceptors (Lipinski definition) is 3. The molecule has 0 aliphatic heterocycles. The van der Waals surface area contributed by atoms with Gasteiger partial charge >= 0.3 is 0 Å². The van der Waals surface area contributed by atoms with Crippen molar-refractivity contribution in [2.24, 2.45) is 5.92 Å². The van der Waals surface area contributed by atoms with E-state index < -0.39 is 0 Å². The summed E-state index contributed by atoms with van der Waals surface area (Å²) in [5, 5.41) is 6.98. The second kappa shape index (κ2) is 9.08. The van der Waals surface area contributed by atoms with Crippen LogP contribution in [0.5, 0.6) is 0 Å². The van der Waals surface area contributed by atoms with Gasteiger partial charge < -0.3 is 15.4 Å². The SMILES string of the molecule is COC(CNC(C)CNCC(C)C)c1ccccc1. The summed E-state index contributed by atoms with van der Waals surface area (Å²) in [5.74, 6) is 0.697. The Labute approximate surface area is 117 Å². The van der Waals surface area contributed by atoms with Crippen molar-refractivity contribution in [1.82, 2.24) is 10.6 Å². The van der Waals surface area contributed by atoms with Crippen LogP contribution in [0.2, 0.25) is 0 Å². The molecule has 2 unspecified atom stereocenters. The van der Waals surface area contributed by atoms with Crippen LogP contribution in [-0.4, -0.2) is 32.8 Å². The molecule has 0 bridgehead atoms. The van der Waals surface area contributed by atoms with E-state index in [9.17, 15) is 0 Å². The lowest BCUT2D eigenvalue weighted by Gasteiger charge is -2.21. The summed E-state index contributed by atoms with van der Waals surface area (Å²) < 4.78 is 5.55. The molecule has 0 amide bonds. The average Bonchev–Trinajstić information content (AvgIpc) is 2.40.